The number of hydrogen-bond acceptors (Lipinski definition) is 3. The molecule has 0 radical (unpaired) electrons. The van der Waals surface area contributed by atoms with Gasteiger partial charge in [0.15, 0.2) is 5.11 Å². The molecule has 9 heteroatoms. The molecule has 212 valence electrons. The Morgan fingerprint density at radius 3 is 2.21 bits per heavy atom. The van der Waals surface area contributed by atoms with Crippen molar-refractivity contribution < 1.29 is 17.9 Å². The van der Waals surface area contributed by atoms with E-state index in [0.29, 0.717) is 16.5 Å². The highest BCUT2D eigenvalue weighted by molar-refractivity contribution is 7.80. The van der Waals surface area contributed by atoms with Gasteiger partial charge in [0.05, 0.1) is 23.3 Å². The molecule has 6 rings (SSSR count). The highest BCUT2D eigenvalue weighted by Gasteiger charge is 2.42. The van der Waals surface area contributed by atoms with Crippen LogP contribution in [0.3, 0.4) is 0 Å². The van der Waals surface area contributed by atoms with E-state index < -0.39 is 11.7 Å². The molecule has 1 aliphatic heterocycles. The number of ether oxygens (including phenoxy) is 1. The Morgan fingerprint density at radius 2 is 1.52 bits per heavy atom. The first-order valence-electron chi connectivity index (χ1n) is 13.4. The summed E-state index contributed by atoms with van der Waals surface area (Å²) in [5.74, 6) is 1.42. The van der Waals surface area contributed by atoms with E-state index in [9.17, 15) is 13.2 Å². The van der Waals surface area contributed by atoms with Crippen LogP contribution in [0.1, 0.15) is 40.3 Å². The fourth-order valence-electron chi connectivity index (χ4n) is 5.55. The topological polar surface area (TPSA) is 42.3 Å². The van der Waals surface area contributed by atoms with Gasteiger partial charge in [0.25, 0.3) is 0 Å². The number of nitrogens with zero attached hydrogens (tertiary/aromatic N) is 3. The molecular weight excluding hydrogens is 557 g/mol. The van der Waals surface area contributed by atoms with Crippen LogP contribution < -0.4 is 15.0 Å². The smallest absolute Gasteiger partial charge is 0.416 e. The number of aromatic nitrogens is 2. The largest absolute Gasteiger partial charge is 0.457 e. The van der Waals surface area contributed by atoms with Gasteiger partial charge in [0.2, 0.25) is 0 Å². The lowest BCUT2D eigenvalue weighted by atomic mass is 9.96. The van der Waals surface area contributed by atoms with E-state index in [-0.39, 0.29) is 12.1 Å². The summed E-state index contributed by atoms with van der Waals surface area (Å²) >= 11 is 5.87. The molecule has 5 nitrogen and oxygen atoms in total. The standard InChI is InChI=1S/C33H27F3N4OS/c1-21-19-28(22(2)39(21)25-10-8-9-23(20-25)33(34,35)36)31-30(29-13-6-7-18-37-29)38-32(42)40(31)24-14-16-27(17-15-24)41-26-11-4-3-5-12-26/h3-20,30-31H,1-2H3,(H,38,42)/t30-,31-/m1/s1. The van der Waals surface area contributed by atoms with Gasteiger partial charge in [-0.2, -0.15) is 13.2 Å². The van der Waals surface area contributed by atoms with Crippen LogP contribution in [-0.2, 0) is 6.18 Å². The normalized spacial score (nSPS) is 16.9. The number of pyridine rings is 1. The monoisotopic (exact) mass is 584 g/mol. The first-order valence-corrected chi connectivity index (χ1v) is 13.8. The number of nitrogens with one attached hydrogen (secondary N) is 1. The Labute approximate surface area is 247 Å². The predicted molar refractivity (Wildman–Crippen MR) is 161 cm³/mol. The third kappa shape index (κ3) is 5.23. The van der Waals surface area contributed by atoms with Crippen LogP contribution >= 0.6 is 12.2 Å². The number of halogens is 3. The van der Waals surface area contributed by atoms with Crippen molar-refractivity contribution in [3.05, 3.63) is 138 Å². The van der Waals surface area contributed by atoms with Crippen molar-refractivity contribution in [2.45, 2.75) is 32.1 Å². The van der Waals surface area contributed by atoms with Gasteiger partial charge in [-0.25, -0.2) is 0 Å². The number of rotatable bonds is 6. The van der Waals surface area contributed by atoms with Crippen LogP contribution in [0, 0.1) is 13.8 Å². The fraction of sp³-hybridized carbons (Fsp3) is 0.152. The number of hydrogen-bond donors (Lipinski definition) is 1. The first kappa shape index (κ1) is 27.5. The molecular formula is C33H27F3N4OS. The average Bonchev–Trinajstić information content (AvgIpc) is 3.48. The van der Waals surface area contributed by atoms with Crippen molar-refractivity contribution in [3.8, 4) is 17.2 Å². The molecule has 0 amide bonds. The zero-order chi connectivity index (χ0) is 29.4. The van der Waals surface area contributed by atoms with E-state index in [1.807, 2.05) is 102 Å². The van der Waals surface area contributed by atoms with Crippen molar-refractivity contribution in [2.75, 3.05) is 4.90 Å². The minimum atomic E-state index is -4.44. The van der Waals surface area contributed by atoms with Crippen molar-refractivity contribution in [2.24, 2.45) is 0 Å². The van der Waals surface area contributed by atoms with Crippen LogP contribution in [0.2, 0.25) is 0 Å². The minimum absolute atomic E-state index is 0.297. The van der Waals surface area contributed by atoms with Gasteiger partial charge in [-0.3, -0.25) is 4.98 Å². The van der Waals surface area contributed by atoms with E-state index in [1.165, 1.54) is 12.1 Å². The van der Waals surface area contributed by atoms with Crippen LogP contribution in [0.5, 0.6) is 11.5 Å². The maximum atomic E-state index is 13.6. The number of anilines is 1. The summed E-state index contributed by atoms with van der Waals surface area (Å²) in [6, 6.07) is 29.7. The summed E-state index contributed by atoms with van der Waals surface area (Å²) in [5.41, 5.74) is 3.97. The maximum absolute atomic E-state index is 13.6. The molecule has 1 fully saturated rings. The van der Waals surface area contributed by atoms with Gasteiger partial charge >= 0.3 is 6.18 Å². The second kappa shape index (κ2) is 11.0. The summed E-state index contributed by atoms with van der Waals surface area (Å²) in [6.45, 7) is 3.82. The number of benzene rings is 3. The Morgan fingerprint density at radius 1 is 0.810 bits per heavy atom. The first-order chi connectivity index (χ1) is 20.2. The molecule has 3 heterocycles. The van der Waals surface area contributed by atoms with Gasteiger partial charge < -0.3 is 19.5 Å². The molecule has 0 unspecified atom stereocenters. The Balaban J connectivity index is 1.42. The molecule has 0 bridgehead atoms. The SMILES string of the molecule is Cc1cc([C@@H]2[C@@H](c3ccccn3)NC(=S)N2c2ccc(Oc3ccccc3)cc2)c(C)n1-c1cccc(C(F)(F)F)c1. The average molecular weight is 585 g/mol. The molecule has 3 aromatic carbocycles. The maximum Gasteiger partial charge on any atom is 0.416 e. The van der Waals surface area contributed by atoms with E-state index in [4.69, 9.17) is 17.0 Å². The van der Waals surface area contributed by atoms with E-state index in [1.54, 1.807) is 12.3 Å². The van der Waals surface area contributed by atoms with Crippen LogP contribution in [0.4, 0.5) is 18.9 Å². The van der Waals surface area contributed by atoms with Crippen molar-refractivity contribution >= 4 is 23.0 Å². The second-order valence-corrected chi connectivity index (χ2v) is 10.5. The lowest BCUT2D eigenvalue weighted by Gasteiger charge is -2.28. The lowest BCUT2D eigenvalue weighted by molar-refractivity contribution is -0.137. The second-order valence-electron chi connectivity index (χ2n) is 10.1. The molecule has 42 heavy (non-hydrogen) atoms. The lowest BCUT2D eigenvalue weighted by Crippen LogP contribution is -2.29. The predicted octanol–water partition coefficient (Wildman–Crippen LogP) is 8.48. The zero-order valence-electron chi connectivity index (χ0n) is 22.8. The molecule has 0 spiro atoms. The highest BCUT2D eigenvalue weighted by atomic mass is 32.1. The number of alkyl halides is 3. The summed E-state index contributed by atoms with van der Waals surface area (Å²) < 4.78 is 48.5. The number of thiocarbonyl (C=S) groups is 1. The van der Waals surface area contributed by atoms with E-state index in [2.05, 4.69) is 10.3 Å². The zero-order valence-corrected chi connectivity index (χ0v) is 23.7. The molecule has 5 aromatic rings. The van der Waals surface area contributed by atoms with Gasteiger partial charge in [0, 0.05) is 29.0 Å². The molecule has 1 saturated heterocycles. The Hall–Kier alpha value is -4.63. The molecule has 1 aliphatic rings. The third-order valence-electron chi connectivity index (χ3n) is 7.41. The van der Waals surface area contributed by atoms with Crippen molar-refractivity contribution in [3.63, 3.8) is 0 Å². The molecule has 0 aliphatic carbocycles. The van der Waals surface area contributed by atoms with Crippen molar-refractivity contribution in [1.82, 2.24) is 14.9 Å². The van der Waals surface area contributed by atoms with Crippen LogP contribution in [0.25, 0.3) is 5.69 Å². The fourth-order valence-corrected chi connectivity index (χ4v) is 5.90. The summed E-state index contributed by atoms with van der Waals surface area (Å²) in [7, 11) is 0. The van der Waals surface area contributed by atoms with E-state index >= 15 is 0 Å². The quantitative estimate of drug-likeness (QED) is 0.203. The van der Waals surface area contributed by atoms with Crippen molar-refractivity contribution in [1.29, 1.82) is 0 Å². The third-order valence-corrected chi connectivity index (χ3v) is 7.73. The highest BCUT2D eigenvalue weighted by Crippen LogP contribution is 2.44. The molecule has 0 saturated carbocycles. The summed E-state index contributed by atoms with van der Waals surface area (Å²) in [6.07, 6.45) is -2.70. The number of para-hydroxylation sites is 1. The molecule has 2 aromatic heterocycles. The number of aryl methyl sites for hydroxylation is 1. The summed E-state index contributed by atoms with van der Waals surface area (Å²) in [4.78, 5) is 6.66. The molecule has 1 N–H and O–H groups in total. The van der Waals surface area contributed by atoms with Gasteiger partial charge in [-0.05, 0) is 104 Å². The Kier molecular flexibility index (Phi) is 7.20. The Bertz CT molecular complexity index is 1720. The van der Waals surface area contributed by atoms with Gasteiger partial charge in [0.1, 0.15) is 11.5 Å². The van der Waals surface area contributed by atoms with E-state index in [0.717, 1.165) is 40.1 Å². The minimum Gasteiger partial charge on any atom is -0.457 e. The van der Waals surface area contributed by atoms with Crippen LogP contribution in [0.15, 0.2) is 109 Å². The van der Waals surface area contributed by atoms with Gasteiger partial charge in [-0.15, -0.1) is 0 Å². The van der Waals surface area contributed by atoms with Crippen LogP contribution in [-0.4, -0.2) is 14.7 Å². The summed E-state index contributed by atoms with van der Waals surface area (Å²) in [5, 5.41) is 3.98. The van der Waals surface area contributed by atoms with Gasteiger partial charge in [-0.1, -0.05) is 30.3 Å². The molecule has 2 atom stereocenters.